The van der Waals surface area contributed by atoms with Crippen molar-refractivity contribution in [2.24, 2.45) is 11.5 Å². The second-order valence-corrected chi connectivity index (χ2v) is 4.52. The fourth-order valence-corrected chi connectivity index (χ4v) is 2.01. The van der Waals surface area contributed by atoms with Gasteiger partial charge in [-0.15, -0.1) is 0 Å². The number of nitrogens with one attached hydrogen (secondary N) is 1. The van der Waals surface area contributed by atoms with E-state index in [1.807, 2.05) is 6.92 Å². The molecule has 88 valence electrons. The van der Waals surface area contributed by atoms with Crippen molar-refractivity contribution >= 4 is 5.91 Å². The molecule has 0 bridgehead atoms. The van der Waals surface area contributed by atoms with Gasteiger partial charge in [-0.2, -0.15) is 0 Å². The Morgan fingerprint density at radius 2 is 2.00 bits per heavy atom. The molecule has 0 heterocycles. The van der Waals surface area contributed by atoms with E-state index in [-0.39, 0.29) is 11.9 Å². The molecule has 0 saturated heterocycles. The highest BCUT2D eigenvalue weighted by Gasteiger charge is 2.21. The summed E-state index contributed by atoms with van der Waals surface area (Å²) in [6, 6.07) is 0.272. The molecule has 4 heteroatoms. The summed E-state index contributed by atoms with van der Waals surface area (Å²) >= 11 is 0. The monoisotopic (exact) mass is 213 g/mol. The van der Waals surface area contributed by atoms with Crippen LogP contribution >= 0.6 is 0 Å². The summed E-state index contributed by atoms with van der Waals surface area (Å²) in [5.41, 5.74) is 11.5. The minimum absolute atomic E-state index is 0.00248. The number of hydrogen-bond acceptors (Lipinski definition) is 3. The van der Waals surface area contributed by atoms with E-state index in [9.17, 15) is 4.79 Å². The Balaban J connectivity index is 2.25. The van der Waals surface area contributed by atoms with Crippen molar-refractivity contribution in [3.63, 3.8) is 0 Å². The van der Waals surface area contributed by atoms with E-state index in [0.717, 1.165) is 38.5 Å². The Kier molecular flexibility index (Phi) is 5.05. The summed E-state index contributed by atoms with van der Waals surface area (Å²) in [6.45, 7) is 2.03. The van der Waals surface area contributed by atoms with Crippen molar-refractivity contribution in [1.29, 1.82) is 0 Å². The Hall–Kier alpha value is -0.610. The van der Waals surface area contributed by atoms with E-state index in [4.69, 9.17) is 11.5 Å². The summed E-state index contributed by atoms with van der Waals surface area (Å²) in [5, 5.41) is 3.00. The Morgan fingerprint density at radius 1 is 1.40 bits per heavy atom. The van der Waals surface area contributed by atoms with Crippen LogP contribution in [0.25, 0.3) is 0 Å². The van der Waals surface area contributed by atoms with Crippen molar-refractivity contribution < 1.29 is 4.79 Å². The van der Waals surface area contributed by atoms with Gasteiger partial charge >= 0.3 is 0 Å². The zero-order valence-electron chi connectivity index (χ0n) is 9.54. The molecule has 0 aromatic carbocycles. The fraction of sp³-hybridized carbons (Fsp3) is 0.909. The molecule has 0 unspecified atom stereocenters. The zero-order valence-corrected chi connectivity index (χ0v) is 9.54. The van der Waals surface area contributed by atoms with Gasteiger partial charge in [0, 0.05) is 12.1 Å². The van der Waals surface area contributed by atoms with Crippen LogP contribution in [0.2, 0.25) is 0 Å². The van der Waals surface area contributed by atoms with Gasteiger partial charge in [0.25, 0.3) is 0 Å². The van der Waals surface area contributed by atoms with E-state index < -0.39 is 0 Å². The van der Waals surface area contributed by atoms with Gasteiger partial charge in [-0.25, -0.2) is 0 Å². The minimum Gasteiger partial charge on any atom is -0.352 e. The quantitative estimate of drug-likeness (QED) is 0.636. The number of hydrogen-bond donors (Lipinski definition) is 3. The normalized spacial score (nSPS) is 28.5. The van der Waals surface area contributed by atoms with Crippen molar-refractivity contribution in [3.05, 3.63) is 0 Å². The second-order valence-electron chi connectivity index (χ2n) is 4.52. The highest BCUT2D eigenvalue weighted by atomic mass is 16.2. The molecule has 1 fully saturated rings. The summed E-state index contributed by atoms with van der Waals surface area (Å²) in [7, 11) is 0. The predicted molar refractivity (Wildman–Crippen MR) is 61.3 cm³/mol. The van der Waals surface area contributed by atoms with Crippen molar-refractivity contribution in [2.75, 3.05) is 0 Å². The van der Waals surface area contributed by atoms with Crippen molar-refractivity contribution in [3.8, 4) is 0 Å². The van der Waals surface area contributed by atoms with Crippen LogP contribution in [0.4, 0.5) is 0 Å². The first-order valence-electron chi connectivity index (χ1n) is 5.95. The van der Waals surface area contributed by atoms with Crippen LogP contribution in [0.1, 0.15) is 45.4 Å². The van der Waals surface area contributed by atoms with Gasteiger partial charge < -0.3 is 16.8 Å². The third-order valence-corrected chi connectivity index (χ3v) is 3.05. The first-order chi connectivity index (χ1) is 7.13. The largest absolute Gasteiger partial charge is 0.352 e. The van der Waals surface area contributed by atoms with Crippen LogP contribution < -0.4 is 16.8 Å². The second kappa shape index (κ2) is 6.08. The van der Waals surface area contributed by atoms with Gasteiger partial charge in [-0.3, -0.25) is 4.79 Å². The van der Waals surface area contributed by atoms with Crippen LogP contribution in [0.3, 0.4) is 0 Å². The zero-order chi connectivity index (χ0) is 11.3. The predicted octanol–water partition coefficient (Wildman–Crippen LogP) is 0.500. The lowest BCUT2D eigenvalue weighted by Gasteiger charge is -2.27. The Bertz CT molecular complexity index is 200. The number of rotatable bonds is 4. The van der Waals surface area contributed by atoms with E-state index in [0.29, 0.717) is 12.1 Å². The number of amides is 1. The van der Waals surface area contributed by atoms with E-state index in [1.54, 1.807) is 0 Å². The van der Waals surface area contributed by atoms with Crippen LogP contribution in [0.5, 0.6) is 0 Å². The van der Waals surface area contributed by atoms with Gasteiger partial charge in [0.15, 0.2) is 0 Å². The van der Waals surface area contributed by atoms with Crippen molar-refractivity contribution in [2.45, 2.75) is 63.6 Å². The maximum Gasteiger partial charge on any atom is 0.237 e. The molecule has 1 amide bonds. The molecule has 4 nitrogen and oxygen atoms in total. The van der Waals surface area contributed by atoms with E-state index in [2.05, 4.69) is 5.32 Å². The van der Waals surface area contributed by atoms with Gasteiger partial charge in [0.1, 0.15) is 0 Å². The van der Waals surface area contributed by atoms with Gasteiger partial charge in [0.2, 0.25) is 5.91 Å². The molecule has 0 aromatic rings. The van der Waals surface area contributed by atoms with Crippen LogP contribution in [-0.2, 0) is 4.79 Å². The maximum absolute atomic E-state index is 11.6. The topological polar surface area (TPSA) is 81.1 Å². The Labute approximate surface area is 91.8 Å². The molecule has 0 aliphatic heterocycles. The molecule has 0 spiro atoms. The van der Waals surface area contributed by atoms with Crippen LogP contribution in [0, 0.1) is 0 Å². The first-order valence-corrected chi connectivity index (χ1v) is 5.95. The first kappa shape index (κ1) is 12.5. The standard InChI is InChI=1S/C11H23N3O/c1-2-3-10(13)11(15)14-9-6-4-8(12)5-7-9/h8-10H,2-7,12-13H2,1H3,(H,14,15)/t8?,9?,10-/m0/s1. The molecule has 1 aliphatic carbocycles. The van der Waals surface area contributed by atoms with Crippen LogP contribution in [0.15, 0.2) is 0 Å². The number of carbonyl (C=O) groups excluding carboxylic acids is 1. The fourth-order valence-electron chi connectivity index (χ4n) is 2.01. The molecule has 1 atom stereocenters. The maximum atomic E-state index is 11.6. The SMILES string of the molecule is CCC[C@H](N)C(=O)NC1CCC(N)CC1. The lowest BCUT2D eigenvalue weighted by Crippen LogP contribution is -2.47. The molecular weight excluding hydrogens is 190 g/mol. The lowest BCUT2D eigenvalue weighted by atomic mass is 9.91. The third-order valence-electron chi connectivity index (χ3n) is 3.05. The summed E-state index contributed by atoms with van der Waals surface area (Å²) in [5.74, 6) is -0.00248. The molecule has 1 saturated carbocycles. The van der Waals surface area contributed by atoms with E-state index >= 15 is 0 Å². The molecule has 1 aliphatic rings. The average molecular weight is 213 g/mol. The summed E-state index contributed by atoms with van der Waals surface area (Å²) < 4.78 is 0. The third kappa shape index (κ3) is 4.18. The van der Waals surface area contributed by atoms with Gasteiger partial charge in [-0.05, 0) is 32.1 Å². The highest BCUT2D eigenvalue weighted by molar-refractivity contribution is 5.81. The molecule has 0 radical (unpaired) electrons. The highest BCUT2D eigenvalue weighted by Crippen LogP contribution is 2.16. The van der Waals surface area contributed by atoms with Gasteiger partial charge in [0.05, 0.1) is 6.04 Å². The summed E-state index contributed by atoms with van der Waals surface area (Å²) in [4.78, 5) is 11.6. The number of carbonyl (C=O) groups is 1. The molecule has 5 N–H and O–H groups in total. The molecule has 0 aromatic heterocycles. The summed E-state index contributed by atoms with van der Waals surface area (Å²) in [6.07, 6.45) is 5.71. The minimum atomic E-state index is -0.342. The van der Waals surface area contributed by atoms with Crippen molar-refractivity contribution in [1.82, 2.24) is 5.32 Å². The molecular formula is C11H23N3O. The molecule has 1 rings (SSSR count). The van der Waals surface area contributed by atoms with Crippen LogP contribution in [-0.4, -0.2) is 24.0 Å². The Morgan fingerprint density at radius 3 is 2.53 bits per heavy atom. The van der Waals surface area contributed by atoms with Gasteiger partial charge in [-0.1, -0.05) is 13.3 Å². The molecule has 15 heavy (non-hydrogen) atoms. The average Bonchev–Trinajstić information content (AvgIpc) is 2.22. The number of nitrogens with two attached hydrogens (primary N) is 2. The smallest absolute Gasteiger partial charge is 0.237 e. The van der Waals surface area contributed by atoms with E-state index in [1.165, 1.54) is 0 Å². The lowest BCUT2D eigenvalue weighted by molar-refractivity contribution is -0.123.